The number of hydrogen-bond donors (Lipinski definition) is 1. The van der Waals surface area contributed by atoms with Gasteiger partial charge in [-0.05, 0) is 79.6 Å². The Morgan fingerprint density at radius 3 is 2.41 bits per heavy atom. The summed E-state index contributed by atoms with van der Waals surface area (Å²) in [6.45, 7) is 9.14. The Morgan fingerprint density at radius 1 is 0.951 bits per heavy atom. The van der Waals surface area contributed by atoms with Crippen LogP contribution in [-0.4, -0.2) is 24.4 Å². The van der Waals surface area contributed by atoms with Gasteiger partial charge in [0.05, 0.1) is 24.5 Å². The molecule has 2 atom stereocenters. The first kappa shape index (κ1) is 33.0. The van der Waals surface area contributed by atoms with Gasteiger partial charge in [0.2, 0.25) is 5.91 Å². The lowest BCUT2D eigenvalue weighted by Gasteiger charge is -2.25. The van der Waals surface area contributed by atoms with E-state index in [1.54, 1.807) is 11.8 Å². The van der Waals surface area contributed by atoms with Gasteiger partial charge in [0, 0.05) is 22.1 Å². The molecule has 3 rings (SSSR count). The maximum absolute atomic E-state index is 12.4. The molecule has 0 radical (unpaired) electrons. The van der Waals surface area contributed by atoms with Gasteiger partial charge in [-0.2, -0.15) is 0 Å². The van der Waals surface area contributed by atoms with Crippen molar-refractivity contribution in [2.75, 3.05) is 17.7 Å². The predicted octanol–water partition coefficient (Wildman–Crippen LogP) is 10.3. The molecular weight excluding hydrogens is 550 g/mol. The molecule has 0 aromatic heterocycles. The third-order valence-corrected chi connectivity index (χ3v) is 8.60. The Kier molecular flexibility index (Phi) is 14.6. The van der Waals surface area contributed by atoms with Gasteiger partial charge in [0.25, 0.3) is 0 Å². The van der Waals surface area contributed by atoms with Crippen LogP contribution in [0.1, 0.15) is 95.4 Å². The van der Waals surface area contributed by atoms with E-state index in [2.05, 4.69) is 56.4 Å². The third-order valence-electron chi connectivity index (χ3n) is 7.02. The zero-order chi connectivity index (χ0) is 29.5. The summed E-state index contributed by atoms with van der Waals surface area (Å²) in [5.41, 5.74) is 4.34. The fraction of sp³-hybridized carbons (Fsp3) is 0.457. The monoisotopic (exact) mass is 595 g/mol. The second-order valence-corrected chi connectivity index (χ2v) is 11.8. The van der Waals surface area contributed by atoms with Crippen LogP contribution in [0.2, 0.25) is 5.02 Å². The van der Waals surface area contributed by atoms with E-state index in [-0.39, 0.29) is 18.1 Å². The predicted molar refractivity (Wildman–Crippen MR) is 175 cm³/mol. The van der Waals surface area contributed by atoms with Gasteiger partial charge in [-0.25, -0.2) is 0 Å². The quantitative estimate of drug-likeness (QED) is 0.149. The number of halogens is 1. The molecule has 0 heterocycles. The molecule has 1 N–H and O–H groups in total. The van der Waals surface area contributed by atoms with Crippen molar-refractivity contribution in [3.63, 3.8) is 0 Å². The summed E-state index contributed by atoms with van der Waals surface area (Å²) in [5.74, 6) is 1.78. The molecule has 222 valence electrons. The molecule has 3 aromatic rings. The first-order chi connectivity index (χ1) is 20.0. The highest BCUT2D eigenvalue weighted by Gasteiger charge is 2.19. The first-order valence-corrected chi connectivity index (χ1v) is 16.5. The molecule has 0 saturated heterocycles. The van der Waals surface area contributed by atoms with Crippen molar-refractivity contribution in [2.45, 2.75) is 96.2 Å². The molecule has 1 amide bonds. The Hall–Kier alpha value is -2.47. The minimum atomic E-state index is -0.0159. The van der Waals surface area contributed by atoms with Crippen LogP contribution in [0.15, 0.2) is 71.6 Å². The molecule has 0 aliphatic heterocycles. The molecule has 2 unspecified atom stereocenters. The largest absolute Gasteiger partial charge is 0.494 e. The van der Waals surface area contributed by atoms with E-state index in [9.17, 15) is 4.79 Å². The lowest BCUT2D eigenvalue weighted by Crippen LogP contribution is -2.20. The normalized spacial score (nSPS) is 12.6. The molecule has 0 spiro atoms. The Balaban J connectivity index is 1.70. The van der Waals surface area contributed by atoms with Gasteiger partial charge >= 0.3 is 0 Å². The summed E-state index contributed by atoms with van der Waals surface area (Å²) in [7, 11) is 0. The number of ether oxygens (including phenoxy) is 2. The van der Waals surface area contributed by atoms with E-state index in [0.29, 0.717) is 13.0 Å². The van der Waals surface area contributed by atoms with Crippen molar-refractivity contribution >= 4 is 35.0 Å². The number of carbonyl (C=O) groups excluding carboxylic acids is 1. The van der Waals surface area contributed by atoms with Crippen molar-refractivity contribution < 1.29 is 14.3 Å². The van der Waals surface area contributed by atoms with Gasteiger partial charge in [-0.3, -0.25) is 4.79 Å². The van der Waals surface area contributed by atoms with E-state index >= 15 is 0 Å². The third kappa shape index (κ3) is 11.0. The maximum atomic E-state index is 12.4. The number of rotatable bonds is 18. The molecule has 41 heavy (non-hydrogen) atoms. The average molecular weight is 596 g/mol. The van der Waals surface area contributed by atoms with Crippen LogP contribution < -0.4 is 10.1 Å². The molecule has 0 aliphatic rings. The lowest BCUT2D eigenvalue weighted by molar-refractivity contribution is -0.116. The van der Waals surface area contributed by atoms with Crippen molar-refractivity contribution in [3.8, 4) is 5.75 Å². The van der Waals surface area contributed by atoms with Crippen LogP contribution in [-0.2, 0) is 16.0 Å². The second kappa shape index (κ2) is 18.1. The van der Waals surface area contributed by atoms with Crippen molar-refractivity contribution in [3.05, 3.63) is 88.4 Å². The summed E-state index contributed by atoms with van der Waals surface area (Å²) in [5, 5.41) is 3.88. The average Bonchev–Trinajstić information content (AvgIpc) is 2.98. The second-order valence-electron chi connectivity index (χ2n) is 10.4. The molecule has 4 nitrogen and oxygen atoms in total. The van der Waals surface area contributed by atoms with E-state index in [0.717, 1.165) is 83.2 Å². The molecule has 0 aliphatic carbocycles. The van der Waals surface area contributed by atoms with Crippen molar-refractivity contribution in [2.24, 2.45) is 0 Å². The lowest BCUT2D eigenvalue weighted by atomic mass is 9.99. The zero-order valence-electron chi connectivity index (χ0n) is 25.1. The van der Waals surface area contributed by atoms with E-state index in [4.69, 9.17) is 21.1 Å². The molecule has 0 fully saturated rings. The number of unbranched alkanes of at least 4 members (excludes halogenated alkanes) is 2. The standard InChI is InChI=1S/C35H46ClNO3S/c1-5-9-13-30(25-41-34-15-12-11-14-32(34)37-35(38)16-10-6-2)40-33(7-3)27-19-22-31(36)28(24-27)23-26-17-20-29(21-18-26)39-8-4/h11-12,14-15,17-22,24,30,33H,5-10,13,16,23,25H2,1-4H3,(H,37,38). The van der Waals surface area contributed by atoms with Crippen LogP contribution in [0.4, 0.5) is 5.69 Å². The molecule has 0 saturated carbocycles. The summed E-state index contributed by atoms with van der Waals surface area (Å²) >= 11 is 8.41. The van der Waals surface area contributed by atoms with Crippen LogP contribution in [0.3, 0.4) is 0 Å². The van der Waals surface area contributed by atoms with Gasteiger partial charge in [0.15, 0.2) is 0 Å². The van der Waals surface area contributed by atoms with Crippen molar-refractivity contribution in [1.82, 2.24) is 0 Å². The van der Waals surface area contributed by atoms with Gasteiger partial charge in [0.1, 0.15) is 5.75 Å². The number of carbonyl (C=O) groups is 1. The summed E-state index contributed by atoms with van der Waals surface area (Å²) in [6, 6.07) is 22.6. The molecule has 3 aromatic carbocycles. The summed E-state index contributed by atoms with van der Waals surface area (Å²) in [6.07, 6.45) is 7.41. The number of hydrogen-bond acceptors (Lipinski definition) is 4. The number of nitrogens with one attached hydrogen (secondary N) is 1. The summed E-state index contributed by atoms with van der Waals surface area (Å²) in [4.78, 5) is 13.5. The fourth-order valence-electron chi connectivity index (χ4n) is 4.71. The van der Waals surface area contributed by atoms with Crippen LogP contribution in [0.5, 0.6) is 5.75 Å². The van der Waals surface area contributed by atoms with E-state index < -0.39 is 0 Å². The van der Waals surface area contributed by atoms with E-state index in [1.807, 2.05) is 43.3 Å². The Labute approximate surface area is 256 Å². The zero-order valence-corrected chi connectivity index (χ0v) is 26.7. The highest BCUT2D eigenvalue weighted by Crippen LogP contribution is 2.33. The molecule has 6 heteroatoms. The number of amides is 1. The summed E-state index contributed by atoms with van der Waals surface area (Å²) < 4.78 is 12.4. The minimum absolute atomic E-state index is 0.0159. The van der Waals surface area contributed by atoms with Gasteiger partial charge in [-0.15, -0.1) is 11.8 Å². The van der Waals surface area contributed by atoms with Gasteiger partial charge < -0.3 is 14.8 Å². The van der Waals surface area contributed by atoms with Crippen LogP contribution in [0.25, 0.3) is 0 Å². The number of benzene rings is 3. The fourth-order valence-corrected chi connectivity index (χ4v) is 5.96. The first-order valence-electron chi connectivity index (χ1n) is 15.1. The smallest absolute Gasteiger partial charge is 0.224 e. The van der Waals surface area contributed by atoms with Crippen LogP contribution in [0, 0.1) is 0 Å². The van der Waals surface area contributed by atoms with Gasteiger partial charge in [-0.1, -0.05) is 88.0 Å². The number of anilines is 1. The minimum Gasteiger partial charge on any atom is -0.494 e. The topological polar surface area (TPSA) is 47.6 Å². The Bertz CT molecular complexity index is 1200. The number of thioether (sulfide) groups is 1. The molecular formula is C35H46ClNO3S. The highest BCUT2D eigenvalue weighted by molar-refractivity contribution is 7.99. The van der Waals surface area contributed by atoms with Crippen molar-refractivity contribution in [1.29, 1.82) is 0 Å². The van der Waals surface area contributed by atoms with Crippen LogP contribution >= 0.6 is 23.4 Å². The number of para-hydroxylation sites is 1. The Morgan fingerprint density at radius 2 is 1.71 bits per heavy atom. The molecule has 0 bridgehead atoms. The maximum Gasteiger partial charge on any atom is 0.224 e. The highest BCUT2D eigenvalue weighted by atomic mass is 35.5. The van der Waals surface area contributed by atoms with E-state index in [1.165, 1.54) is 5.56 Å². The SMILES string of the molecule is CCCCC(=O)Nc1ccccc1SCC(CCCC)OC(CC)c1ccc(Cl)c(Cc2ccc(OCC)cc2)c1.